The summed E-state index contributed by atoms with van der Waals surface area (Å²) in [6.07, 6.45) is 5.09. The Morgan fingerprint density at radius 2 is 1.79 bits per heavy atom. The Labute approximate surface area is 193 Å². The number of benzene rings is 1. The standard InChI is InChI=1S/C25H32N2O6/c1-4-14(2)25(24(31)32)19-18(21(28)27(22(19)29)17-8-6-5-7-9-17)20(26-25)15-10-12-16(13-11-15)23(30)33-3/h10-14,17-20,26H,4-9H2,1-3H3,(H,31,32). The number of esters is 1. The van der Waals surface area contributed by atoms with Crippen molar-refractivity contribution in [3.05, 3.63) is 35.4 Å². The van der Waals surface area contributed by atoms with E-state index in [0.29, 0.717) is 17.5 Å². The maximum Gasteiger partial charge on any atom is 0.337 e. The fraction of sp³-hybridized carbons (Fsp3) is 0.600. The Morgan fingerprint density at radius 3 is 2.33 bits per heavy atom. The fourth-order valence-electron chi connectivity index (χ4n) is 6.08. The van der Waals surface area contributed by atoms with E-state index in [4.69, 9.17) is 4.74 Å². The van der Waals surface area contributed by atoms with Crippen LogP contribution in [0.4, 0.5) is 0 Å². The van der Waals surface area contributed by atoms with Crippen LogP contribution in [0.1, 0.15) is 74.3 Å². The van der Waals surface area contributed by atoms with Crippen LogP contribution in [0.15, 0.2) is 24.3 Å². The molecule has 1 aliphatic carbocycles. The van der Waals surface area contributed by atoms with Crippen LogP contribution >= 0.6 is 0 Å². The minimum atomic E-state index is -1.54. The molecule has 0 spiro atoms. The van der Waals surface area contributed by atoms with Gasteiger partial charge in [0.1, 0.15) is 5.54 Å². The molecule has 3 fully saturated rings. The van der Waals surface area contributed by atoms with Gasteiger partial charge in [0.15, 0.2) is 0 Å². The first-order valence-corrected chi connectivity index (χ1v) is 11.8. The number of nitrogens with zero attached hydrogens (tertiary/aromatic N) is 1. The molecular formula is C25H32N2O6. The lowest BCUT2D eigenvalue weighted by molar-refractivity contribution is -0.155. The second-order valence-electron chi connectivity index (χ2n) is 9.56. The molecule has 178 valence electrons. The van der Waals surface area contributed by atoms with Crippen molar-refractivity contribution in [3.63, 3.8) is 0 Å². The van der Waals surface area contributed by atoms with E-state index in [2.05, 4.69) is 5.32 Å². The van der Waals surface area contributed by atoms with Crippen LogP contribution < -0.4 is 5.32 Å². The number of hydrogen-bond donors (Lipinski definition) is 2. The second kappa shape index (κ2) is 8.89. The number of carboxylic acid groups (broad SMARTS) is 1. The molecule has 2 amide bonds. The average Bonchev–Trinajstić information content (AvgIpc) is 3.33. The van der Waals surface area contributed by atoms with Crippen molar-refractivity contribution in [3.8, 4) is 0 Å². The van der Waals surface area contributed by atoms with E-state index in [-0.39, 0.29) is 23.8 Å². The number of carbonyl (C=O) groups is 4. The number of methoxy groups -OCH3 is 1. The molecule has 33 heavy (non-hydrogen) atoms. The van der Waals surface area contributed by atoms with Crippen molar-refractivity contribution in [1.82, 2.24) is 10.2 Å². The van der Waals surface area contributed by atoms with Gasteiger partial charge in [-0.15, -0.1) is 0 Å². The van der Waals surface area contributed by atoms with E-state index in [1.165, 1.54) is 12.0 Å². The summed E-state index contributed by atoms with van der Waals surface area (Å²) in [6, 6.07) is 5.81. The molecule has 5 unspecified atom stereocenters. The van der Waals surface area contributed by atoms with E-state index < -0.39 is 35.4 Å². The molecule has 1 saturated carbocycles. The zero-order valence-electron chi connectivity index (χ0n) is 19.4. The molecule has 0 bridgehead atoms. The third-order valence-electron chi connectivity index (χ3n) is 8.00. The number of rotatable bonds is 6. The van der Waals surface area contributed by atoms with Crippen LogP contribution in [-0.4, -0.2) is 52.4 Å². The zero-order valence-corrected chi connectivity index (χ0v) is 19.4. The van der Waals surface area contributed by atoms with Crippen LogP contribution in [0.5, 0.6) is 0 Å². The van der Waals surface area contributed by atoms with E-state index in [0.717, 1.165) is 32.1 Å². The largest absolute Gasteiger partial charge is 0.480 e. The molecule has 2 saturated heterocycles. The quantitative estimate of drug-likeness (QED) is 0.500. The van der Waals surface area contributed by atoms with Crippen molar-refractivity contribution in [2.75, 3.05) is 7.11 Å². The first-order chi connectivity index (χ1) is 15.8. The lowest BCUT2D eigenvalue weighted by atomic mass is 9.72. The van der Waals surface area contributed by atoms with Gasteiger partial charge in [0, 0.05) is 12.1 Å². The lowest BCUT2D eigenvalue weighted by Crippen LogP contribution is -2.60. The van der Waals surface area contributed by atoms with Gasteiger partial charge in [-0.2, -0.15) is 0 Å². The van der Waals surface area contributed by atoms with Gasteiger partial charge in [0.25, 0.3) is 0 Å². The number of hydrogen-bond acceptors (Lipinski definition) is 6. The molecule has 2 heterocycles. The van der Waals surface area contributed by atoms with Crippen molar-refractivity contribution in [2.24, 2.45) is 17.8 Å². The van der Waals surface area contributed by atoms with Gasteiger partial charge in [-0.1, -0.05) is 51.7 Å². The average molecular weight is 457 g/mol. The first-order valence-electron chi connectivity index (χ1n) is 11.8. The van der Waals surface area contributed by atoms with Crippen molar-refractivity contribution >= 4 is 23.8 Å². The summed E-state index contributed by atoms with van der Waals surface area (Å²) in [6.45, 7) is 3.71. The van der Waals surface area contributed by atoms with E-state index in [1.54, 1.807) is 24.3 Å². The molecule has 8 heteroatoms. The summed E-state index contributed by atoms with van der Waals surface area (Å²) in [7, 11) is 1.30. The number of fused-ring (bicyclic) bond motifs is 1. The molecule has 0 aromatic heterocycles. The molecule has 2 N–H and O–H groups in total. The molecule has 5 atom stereocenters. The number of aliphatic carboxylic acids is 1. The molecule has 2 aliphatic heterocycles. The van der Waals surface area contributed by atoms with Crippen molar-refractivity contribution < 1.29 is 29.0 Å². The summed E-state index contributed by atoms with van der Waals surface area (Å²) in [5.41, 5.74) is -0.503. The SMILES string of the molecule is CCC(C)C1(C(=O)O)NC(c2ccc(C(=O)OC)cc2)C2C(=O)N(C3CCCCC3)C(=O)C21. The highest BCUT2D eigenvalue weighted by atomic mass is 16.5. The van der Waals surface area contributed by atoms with Gasteiger partial charge < -0.3 is 9.84 Å². The number of imide groups is 1. The number of ether oxygens (including phenoxy) is 1. The maximum absolute atomic E-state index is 13.7. The van der Waals surface area contributed by atoms with Gasteiger partial charge in [-0.25, -0.2) is 4.79 Å². The van der Waals surface area contributed by atoms with Crippen LogP contribution in [0, 0.1) is 17.8 Å². The number of likely N-dealkylation sites (tertiary alicyclic amines) is 1. The monoisotopic (exact) mass is 456 g/mol. The smallest absolute Gasteiger partial charge is 0.337 e. The lowest BCUT2D eigenvalue weighted by Gasteiger charge is -2.37. The van der Waals surface area contributed by atoms with E-state index >= 15 is 0 Å². The second-order valence-corrected chi connectivity index (χ2v) is 9.56. The highest BCUT2D eigenvalue weighted by Crippen LogP contribution is 2.53. The van der Waals surface area contributed by atoms with Crippen molar-refractivity contribution in [1.29, 1.82) is 0 Å². The number of nitrogens with one attached hydrogen (secondary N) is 1. The molecule has 8 nitrogen and oxygen atoms in total. The summed E-state index contributed by atoms with van der Waals surface area (Å²) in [4.78, 5) is 53.4. The highest BCUT2D eigenvalue weighted by molar-refractivity contribution is 6.09. The van der Waals surface area contributed by atoms with Crippen LogP contribution in [0.25, 0.3) is 0 Å². The van der Waals surface area contributed by atoms with Crippen molar-refractivity contribution in [2.45, 2.75) is 70.0 Å². The Kier molecular flexibility index (Phi) is 6.31. The third kappa shape index (κ3) is 3.55. The van der Waals surface area contributed by atoms with Crippen LogP contribution in [0.2, 0.25) is 0 Å². The topological polar surface area (TPSA) is 113 Å². The number of carboxylic acids is 1. The predicted octanol–water partition coefficient (Wildman–Crippen LogP) is 2.92. The Balaban J connectivity index is 1.79. The normalized spacial score (nSPS) is 30.9. The summed E-state index contributed by atoms with van der Waals surface area (Å²) in [5, 5.41) is 13.7. The Bertz CT molecular complexity index is 954. The summed E-state index contributed by atoms with van der Waals surface area (Å²) < 4.78 is 4.76. The number of amides is 2. The Morgan fingerprint density at radius 1 is 1.15 bits per heavy atom. The minimum Gasteiger partial charge on any atom is -0.480 e. The summed E-state index contributed by atoms with van der Waals surface area (Å²) in [5.74, 6) is -4.36. The fourth-order valence-corrected chi connectivity index (χ4v) is 6.08. The van der Waals surface area contributed by atoms with Crippen LogP contribution in [0.3, 0.4) is 0 Å². The molecule has 1 aromatic rings. The highest BCUT2D eigenvalue weighted by Gasteiger charge is 2.70. The van der Waals surface area contributed by atoms with Crippen LogP contribution in [-0.2, 0) is 19.1 Å². The van der Waals surface area contributed by atoms with Gasteiger partial charge in [0.05, 0.1) is 24.5 Å². The summed E-state index contributed by atoms with van der Waals surface area (Å²) >= 11 is 0. The van der Waals surface area contributed by atoms with Gasteiger partial charge in [0.2, 0.25) is 11.8 Å². The van der Waals surface area contributed by atoms with Gasteiger partial charge >= 0.3 is 11.9 Å². The molecule has 4 rings (SSSR count). The first kappa shape index (κ1) is 23.4. The predicted molar refractivity (Wildman–Crippen MR) is 119 cm³/mol. The van der Waals surface area contributed by atoms with E-state index in [1.807, 2.05) is 13.8 Å². The maximum atomic E-state index is 13.7. The molecule has 3 aliphatic rings. The molecule has 1 aromatic carbocycles. The third-order valence-corrected chi connectivity index (χ3v) is 8.00. The zero-order chi connectivity index (χ0) is 23.9. The van der Waals surface area contributed by atoms with Gasteiger partial charge in [-0.3, -0.25) is 24.6 Å². The number of carbonyl (C=O) groups excluding carboxylic acids is 3. The molecular weight excluding hydrogens is 424 g/mol. The Hall–Kier alpha value is -2.74. The van der Waals surface area contributed by atoms with E-state index in [9.17, 15) is 24.3 Å². The molecule has 0 radical (unpaired) electrons. The minimum absolute atomic E-state index is 0.157. The van der Waals surface area contributed by atoms with Gasteiger partial charge in [-0.05, 0) is 36.5 Å².